The van der Waals surface area contributed by atoms with Gasteiger partial charge in [-0.15, -0.1) is 11.8 Å². The second-order valence-electron chi connectivity index (χ2n) is 6.03. The number of ether oxygens (including phenoxy) is 2. The van der Waals surface area contributed by atoms with Gasteiger partial charge < -0.3 is 9.47 Å². The third-order valence-electron chi connectivity index (χ3n) is 4.27. The summed E-state index contributed by atoms with van der Waals surface area (Å²) in [7, 11) is 3.25. The number of carbonyl (C=O) groups is 1. The maximum atomic E-state index is 12.8. The molecule has 0 aromatic heterocycles. The zero-order valence-electron chi connectivity index (χ0n) is 15.4. The van der Waals surface area contributed by atoms with Gasteiger partial charge in [-0.3, -0.25) is 4.79 Å². The van der Waals surface area contributed by atoms with Gasteiger partial charge in [-0.25, -0.2) is 0 Å². The van der Waals surface area contributed by atoms with E-state index < -0.39 is 0 Å². The van der Waals surface area contributed by atoms with Crippen molar-refractivity contribution in [3.8, 4) is 11.5 Å². The number of methoxy groups -OCH3 is 2. The standard InChI is InChI=1S/C23H22O3S/c1-25-21-14-13-19(15-22(21)26-2)27-23(18-11-7-4-8-12-18)16-20(24)17-9-5-3-6-10-17/h3-15,23H,16H2,1-2H3. The molecule has 0 aliphatic heterocycles. The highest BCUT2D eigenvalue weighted by atomic mass is 32.2. The predicted molar refractivity (Wildman–Crippen MR) is 110 cm³/mol. The first-order valence-electron chi connectivity index (χ1n) is 8.73. The number of rotatable bonds is 8. The maximum absolute atomic E-state index is 12.8. The van der Waals surface area contributed by atoms with Gasteiger partial charge in [0.05, 0.1) is 14.2 Å². The Morgan fingerprint density at radius 2 is 1.48 bits per heavy atom. The molecule has 3 nitrogen and oxygen atoms in total. The summed E-state index contributed by atoms with van der Waals surface area (Å²) in [6.07, 6.45) is 0.424. The molecule has 0 fully saturated rings. The number of Topliss-reactive ketones (excluding diaryl/α,β-unsaturated/α-hetero) is 1. The van der Waals surface area contributed by atoms with Crippen molar-refractivity contribution in [1.29, 1.82) is 0 Å². The molecule has 3 rings (SSSR count). The lowest BCUT2D eigenvalue weighted by Crippen LogP contribution is -2.05. The summed E-state index contributed by atoms with van der Waals surface area (Å²) < 4.78 is 10.7. The van der Waals surface area contributed by atoms with Crippen LogP contribution < -0.4 is 9.47 Å². The van der Waals surface area contributed by atoms with Crippen LogP contribution in [0.5, 0.6) is 11.5 Å². The van der Waals surface area contributed by atoms with Crippen LogP contribution in [0.15, 0.2) is 83.8 Å². The Morgan fingerprint density at radius 1 is 0.852 bits per heavy atom. The molecule has 0 N–H and O–H groups in total. The van der Waals surface area contributed by atoms with Crippen LogP contribution in [0.25, 0.3) is 0 Å². The van der Waals surface area contributed by atoms with Gasteiger partial charge in [0.1, 0.15) is 0 Å². The van der Waals surface area contributed by atoms with Crippen LogP contribution in [0, 0.1) is 0 Å². The van der Waals surface area contributed by atoms with E-state index in [1.165, 1.54) is 0 Å². The highest BCUT2D eigenvalue weighted by molar-refractivity contribution is 7.99. The van der Waals surface area contributed by atoms with E-state index in [1.807, 2.05) is 66.7 Å². The topological polar surface area (TPSA) is 35.5 Å². The van der Waals surface area contributed by atoms with E-state index in [0.717, 1.165) is 16.0 Å². The minimum absolute atomic E-state index is 0.0111. The molecular weight excluding hydrogens is 356 g/mol. The molecule has 1 atom stereocenters. The van der Waals surface area contributed by atoms with Crippen molar-refractivity contribution in [2.45, 2.75) is 16.6 Å². The van der Waals surface area contributed by atoms with E-state index in [9.17, 15) is 4.79 Å². The van der Waals surface area contributed by atoms with Crippen molar-refractivity contribution in [3.63, 3.8) is 0 Å². The Hall–Kier alpha value is -2.72. The van der Waals surface area contributed by atoms with Gasteiger partial charge in [-0.1, -0.05) is 60.7 Å². The molecule has 0 aliphatic rings. The molecule has 0 spiro atoms. The Kier molecular flexibility index (Phi) is 6.55. The fourth-order valence-electron chi connectivity index (χ4n) is 2.86. The smallest absolute Gasteiger partial charge is 0.164 e. The summed E-state index contributed by atoms with van der Waals surface area (Å²) in [4.78, 5) is 13.8. The SMILES string of the molecule is COc1ccc(SC(CC(=O)c2ccccc2)c2ccccc2)cc1OC. The van der Waals surface area contributed by atoms with E-state index in [1.54, 1.807) is 26.0 Å². The Morgan fingerprint density at radius 3 is 2.11 bits per heavy atom. The Balaban J connectivity index is 1.86. The van der Waals surface area contributed by atoms with Gasteiger partial charge in [0.2, 0.25) is 0 Å². The fourth-order valence-corrected chi connectivity index (χ4v) is 4.04. The van der Waals surface area contributed by atoms with Gasteiger partial charge in [0.25, 0.3) is 0 Å². The van der Waals surface area contributed by atoms with Gasteiger partial charge in [-0.2, -0.15) is 0 Å². The highest BCUT2D eigenvalue weighted by Gasteiger charge is 2.19. The summed E-state index contributed by atoms with van der Waals surface area (Å²) >= 11 is 1.66. The van der Waals surface area contributed by atoms with Gasteiger partial charge in [0, 0.05) is 22.1 Å². The molecule has 3 aromatic rings. The first-order chi connectivity index (χ1) is 13.2. The number of hydrogen-bond donors (Lipinski definition) is 0. The van der Waals surface area contributed by atoms with Crippen molar-refractivity contribution < 1.29 is 14.3 Å². The Bertz CT molecular complexity index is 879. The summed E-state index contributed by atoms with van der Waals surface area (Å²) in [5.74, 6) is 1.51. The largest absolute Gasteiger partial charge is 0.493 e. The van der Waals surface area contributed by atoms with Crippen molar-refractivity contribution in [2.24, 2.45) is 0 Å². The fraction of sp³-hybridized carbons (Fsp3) is 0.174. The third kappa shape index (κ3) is 4.92. The molecule has 0 radical (unpaired) electrons. The predicted octanol–water partition coefficient (Wildman–Crippen LogP) is 5.81. The van der Waals surface area contributed by atoms with Crippen molar-refractivity contribution in [3.05, 3.63) is 90.0 Å². The number of carbonyl (C=O) groups excluding carboxylic acids is 1. The molecule has 27 heavy (non-hydrogen) atoms. The zero-order valence-corrected chi connectivity index (χ0v) is 16.2. The second kappa shape index (κ2) is 9.28. The molecule has 0 saturated heterocycles. The minimum Gasteiger partial charge on any atom is -0.493 e. The maximum Gasteiger partial charge on any atom is 0.164 e. The number of benzene rings is 3. The summed E-state index contributed by atoms with van der Waals surface area (Å²) in [5.41, 5.74) is 1.87. The van der Waals surface area contributed by atoms with Gasteiger partial charge in [-0.05, 0) is 23.8 Å². The second-order valence-corrected chi connectivity index (χ2v) is 7.30. The molecule has 0 bridgehead atoms. The van der Waals surface area contributed by atoms with Crippen LogP contribution in [-0.2, 0) is 0 Å². The summed E-state index contributed by atoms with van der Waals surface area (Å²) in [6.45, 7) is 0. The van der Waals surface area contributed by atoms with Crippen molar-refractivity contribution in [1.82, 2.24) is 0 Å². The molecule has 4 heteroatoms. The zero-order chi connectivity index (χ0) is 19.1. The summed E-state index contributed by atoms with van der Waals surface area (Å²) in [5, 5.41) is 0.0111. The van der Waals surface area contributed by atoms with Crippen LogP contribution in [0.3, 0.4) is 0 Å². The van der Waals surface area contributed by atoms with E-state index in [4.69, 9.17) is 9.47 Å². The number of ketones is 1. The van der Waals surface area contributed by atoms with Crippen molar-refractivity contribution in [2.75, 3.05) is 14.2 Å². The van der Waals surface area contributed by atoms with Crippen LogP contribution in [0.2, 0.25) is 0 Å². The van der Waals surface area contributed by atoms with Crippen LogP contribution in [0.4, 0.5) is 0 Å². The van der Waals surface area contributed by atoms with Crippen LogP contribution >= 0.6 is 11.8 Å². The minimum atomic E-state index is 0.0111. The van der Waals surface area contributed by atoms with Crippen LogP contribution in [-0.4, -0.2) is 20.0 Å². The van der Waals surface area contributed by atoms with Crippen molar-refractivity contribution >= 4 is 17.5 Å². The molecule has 3 aromatic carbocycles. The average Bonchev–Trinajstić information content (AvgIpc) is 2.74. The van der Waals surface area contributed by atoms with E-state index in [2.05, 4.69) is 12.1 Å². The van der Waals surface area contributed by atoms with Gasteiger partial charge in [0.15, 0.2) is 17.3 Å². The Labute approximate surface area is 164 Å². The molecular formula is C23H22O3S. The third-order valence-corrected chi connectivity index (χ3v) is 5.52. The summed E-state index contributed by atoms with van der Waals surface area (Å²) in [6, 6.07) is 25.4. The molecule has 0 saturated carbocycles. The van der Waals surface area contributed by atoms with E-state index >= 15 is 0 Å². The lowest BCUT2D eigenvalue weighted by Gasteiger charge is -2.18. The lowest BCUT2D eigenvalue weighted by atomic mass is 10.0. The monoisotopic (exact) mass is 378 g/mol. The first kappa shape index (κ1) is 19.1. The highest BCUT2D eigenvalue weighted by Crippen LogP contribution is 2.41. The molecule has 0 amide bonds. The van der Waals surface area contributed by atoms with Gasteiger partial charge >= 0.3 is 0 Å². The molecule has 1 unspecified atom stereocenters. The first-order valence-corrected chi connectivity index (χ1v) is 9.61. The van der Waals surface area contributed by atoms with Crippen LogP contribution in [0.1, 0.15) is 27.6 Å². The average molecular weight is 378 g/mol. The molecule has 0 heterocycles. The number of hydrogen-bond acceptors (Lipinski definition) is 4. The number of thioether (sulfide) groups is 1. The normalized spacial score (nSPS) is 11.6. The van der Waals surface area contributed by atoms with E-state index in [0.29, 0.717) is 17.9 Å². The lowest BCUT2D eigenvalue weighted by molar-refractivity contribution is 0.0982. The molecule has 138 valence electrons. The quantitative estimate of drug-likeness (QED) is 0.366. The van der Waals surface area contributed by atoms with E-state index in [-0.39, 0.29) is 11.0 Å². The molecule has 0 aliphatic carbocycles.